The van der Waals surface area contributed by atoms with E-state index in [-0.39, 0.29) is 10.8 Å². The van der Waals surface area contributed by atoms with Gasteiger partial charge in [-0.05, 0) is 40.9 Å². The van der Waals surface area contributed by atoms with Crippen LogP contribution < -0.4 is 0 Å². The van der Waals surface area contributed by atoms with Crippen molar-refractivity contribution in [3.63, 3.8) is 0 Å². The highest BCUT2D eigenvalue weighted by atomic mass is 16.3. The molecule has 1 aliphatic carbocycles. The van der Waals surface area contributed by atoms with E-state index in [1.807, 2.05) is 6.07 Å². The van der Waals surface area contributed by atoms with E-state index >= 15 is 0 Å². The van der Waals surface area contributed by atoms with Gasteiger partial charge in [-0.2, -0.15) is 0 Å². The first-order valence-electron chi connectivity index (χ1n) is 5.67. The molecule has 0 amide bonds. The number of fused-ring (bicyclic) bond motifs is 2. The van der Waals surface area contributed by atoms with Gasteiger partial charge in [0.25, 0.3) is 0 Å². The molecule has 1 N–H and O–H groups in total. The third-order valence-electron chi connectivity index (χ3n) is 3.88. The molecule has 0 radical (unpaired) electrons. The summed E-state index contributed by atoms with van der Waals surface area (Å²) in [5.74, 6) is 0.446. The van der Waals surface area contributed by atoms with Crippen molar-refractivity contribution in [1.82, 2.24) is 0 Å². The van der Waals surface area contributed by atoms with E-state index in [2.05, 4.69) is 39.8 Å². The minimum atomic E-state index is 0.0911. The van der Waals surface area contributed by atoms with E-state index in [4.69, 9.17) is 0 Å². The van der Waals surface area contributed by atoms with E-state index in [1.54, 1.807) is 0 Å². The molecule has 82 valence electrons. The van der Waals surface area contributed by atoms with Crippen LogP contribution in [0.2, 0.25) is 0 Å². The van der Waals surface area contributed by atoms with E-state index in [0.717, 1.165) is 12.0 Å². The van der Waals surface area contributed by atoms with Gasteiger partial charge >= 0.3 is 0 Å². The van der Waals surface area contributed by atoms with Crippen LogP contribution in [0, 0.1) is 0 Å². The van der Waals surface area contributed by atoms with Crippen molar-refractivity contribution in [1.29, 1.82) is 0 Å². The Morgan fingerprint density at radius 3 is 2.27 bits per heavy atom. The second kappa shape index (κ2) is 3.01. The topological polar surface area (TPSA) is 20.2 Å². The summed E-state index contributed by atoms with van der Waals surface area (Å²) in [5, 5.41) is 9.90. The van der Waals surface area contributed by atoms with Crippen LogP contribution in [-0.4, -0.2) is 5.11 Å². The SMILES string of the molecule is CC1(C)CCC(C)(C)c2cc1ccc2O. The molecule has 1 heteroatoms. The smallest absolute Gasteiger partial charge is 0.119 e. The summed E-state index contributed by atoms with van der Waals surface area (Å²) in [6.45, 7) is 9.00. The lowest BCUT2D eigenvalue weighted by Crippen LogP contribution is -2.19. The molecule has 0 atom stereocenters. The molecule has 0 unspecified atom stereocenters. The van der Waals surface area contributed by atoms with E-state index in [0.29, 0.717) is 5.75 Å². The molecule has 1 aromatic rings. The molecule has 1 aromatic carbocycles. The van der Waals surface area contributed by atoms with Crippen LogP contribution in [0.3, 0.4) is 0 Å². The van der Waals surface area contributed by atoms with Crippen molar-refractivity contribution in [2.75, 3.05) is 0 Å². The summed E-state index contributed by atoms with van der Waals surface area (Å²) in [4.78, 5) is 0. The van der Waals surface area contributed by atoms with E-state index < -0.39 is 0 Å². The van der Waals surface area contributed by atoms with Gasteiger partial charge in [0.2, 0.25) is 0 Å². The minimum Gasteiger partial charge on any atom is -0.508 e. The fourth-order valence-corrected chi connectivity index (χ4v) is 2.40. The van der Waals surface area contributed by atoms with Crippen molar-refractivity contribution >= 4 is 0 Å². The third kappa shape index (κ3) is 1.64. The first kappa shape index (κ1) is 10.5. The Kier molecular flexibility index (Phi) is 2.11. The van der Waals surface area contributed by atoms with Crippen molar-refractivity contribution in [2.24, 2.45) is 0 Å². The summed E-state index contributed by atoms with van der Waals surface area (Å²) in [5.41, 5.74) is 2.77. The first-order chi connectivity index (χ1) is 6.83. The molecule has 0 saturated carbocycles. The summed E-state index contributed by atoms with van der Waals surface area (Å²) < 4.78 is 0. The second-order valence-electron chi connectivity index (χ2n) is 6.00. The zero-order valence-corrected chi connectivity index (χ0v) is 10.1. The molecule has 15 heavy (non-hydrogen) atoms. The highest BCUT2D eigenvalue weighted by molar-refractivity contribution is 5.44. The van der Waals surface area contributed by atoms with Crippen LogP contribution in [0.4, 0.5) is 0 Å². The normalized spacial score (nSPS) is 22.1. The van der Waals surface area contributed by atoms with Gasteiger partial charge in [-0.1, -0.05) is 39.8 Å². The second-order valence-corrected chi connectivity index (χ2v) is 6.00. The lowest BCUT2D eigenvalue weighted by molar-refractivity contribution is 0.377. The van der Waals surface area contributed by atoms with E-state index in [9.17, 15) is 5.11 Å². The molecule has 0 heterocycles. The maximum atomic E-state index is 9.90. The monoisotopic (exact) mass is 204 g/mol. The zero-order chi connectivity index (χ0) is 11.3. The lowest BCUT2D eigenvalue weighted by atomic mass is 9.78. The Bertz CT molecular complexity index is 388. The average Bonchev–Trinajstić information content (AvgIpc) is 2.21. The number of aromatic hydroxyl groups is 1. The molecule has 1 nitrogen and oxygen atoms in total. The zero-order valence-electron chi connectivity index (χ0n) is 10.1. The molecule has 0 spiro atoms. The Morgan fingerprint density at radius 1 is 1.00 bits per heavy atom. The van der Waals surface area contributed by atoms with Gasteiger partial charge in [0.05, 0.1) is 0 Å². The van der Waals surface area contributed by atoms with Crippen LogP contribution in [-0.2, 0) is 10.8 Å². The van der Waals surface area contributed by atoms with Gasteiger partial charge in [0.1, 0.15) is 5.75 Å². The number of rotatable bonds is 0. The van der Waals surface area contributed by atoms with Crippen molar-refractivity contribution in [2.45, 2.75) is 51.4 Å². The number of phenolic OH excluding ortho intramolecular Hbond substituents is 1. The van der Waals surface area contributed by atoms with Gasteiger partial charge in [-0.3, -0.25) is 0 Å². The molecule has 0 aliphatic heterocycles. The highest BCUT2D eigenvalue weighted by Gasteiger charge is 2.33. The van der Waals surface area contributed by atoms with Gasteiger partial charge in [-0.15, -0.1) is 0 Å². The maximum Gasteiger partial charge on any atom is 0.119 e. The van der Waals surface area contributed by atoms with Crippen LogP contribution >= 0.6 is 0 Å². The first-order valence-corrected chi connectivity index (χ1v) is 5.67. The fraction of sp³-hybridized carbons (Fsp3) is 0.571. The Morgan fingerprint density at radius 2 is 1.60 bits per heavy atom. The van der Waals surface area contributed by atoms with Crippen LogP contribution in [0.25, 0.3) is 0 Å². The summed E-state index contributed by atoms with van der Waals surface area (Å²) >= 11 is 0. The maximum absolute atomic E-state index is 9.90. The number of benzene rings is 1. The lowest BCUT2D eigenvalue weighted by Gasteiger charge is -2.26. The van der Waals surface area contributed by atoms with Crippen LogP contribution in [0.5, 0.6) is 5.75 Å². The fourth-order valence-electron chi connectivity index (χ4n) is 2.40. The molecule has 2 rings (SSSR count). The van der Waals surface area contributed by atoms with Gasteiger partial charge in [0, 0.05) is 0 Å². The van der Waals surface area contributed by atoms with Crippen LogP contribution in [0.1, 0.15) is 51.7 Å². The molecule has 1 aliphatic rings. The Hall–Kier alpha value is -0.980. The molecule has 2 bridgehead atoms. The van der Waals surface area contributed by atoms with Crippen molar-refractivity contribution in [3.05, 3.63) is 29.3 Å². The predicted octanol–water partition coefficient (Wildman–Crippen LogP) is 3.74. The molecule has 0 saturated heterocycles. The predicted molar refractivity (Wildman–Crippen MR) is 63.4 cm³/mol. The van der Waals surface area contributed by atoms with Crippen molar-refractivity contribution < 1.29 is 5.11 Å². The standard InChI is InChI=1S/C14H20O/c1-13(2)7-8-14(3,4)11-9-10(13)5-6-12(11)15/h5-6,9,15H,7-8H2,1-4H3. The molecular weight excluding hydrogens is 184 g/mol. The highest BCUT2D eigenvalue weighted by Crippen LogP contribution is 2.44. The number of hydrogen-bond acceptors (Lipinski definition) is 1. The van der Waals surface area contributed by atoms with Gasteiger partial charge in [-0.25, -0.2) is 0 Å². The summed E-state index contributed by atoms with van der Waals surface area (Å²) in [6, 6.07) is 6.09. The number of hydrogen-bond donors (Lipinski definition) is 1. The van der Waals surface area contributed by atoms with Gasteiger partial charge < -0.3 is 5.11 Å². The largest absolute Gasteiger partial charge is 0.508 e. The van der Waals surface area contributed by atoms with Crippen molar-refractivity contribution in [3.8, 4) is 5.75 Å². The third-order valence-corrected chi connectivity index (χ3v) is 3.88. The molecular formula is C14H20O. The van der Waals surface area contributed by atoms with Gasteiger partial charge in [0.15, 0.2) is 0 Å². The number of phenols is 1. The quantitative estimate of drug-likeness (QED) is 0.682. The Labute approximate surface area is 92.1 Å². The summed E-state index contributed by atoms with van der Waals surface area (Å²) in [6.07, 6.45) is 2.30. The Balaban J connectivity index is 2.63. The van der Waals surface area contributed by atoms with E-state index in [1.165, 1.54) is 12.0 Å². The average molecular weight is 204 g/mol. The van der Waals surface area contributed by atoms with Crippen LogP contribution in [0.15, 0.2) is 18.2 Å². The molecule has 0 fully saturated rings. The minimum absolute atomic E-state index is 0.0911. The summed E-state index contributed by atoms with van der Waals surface area (Å²) in [7, 11) is 0. The molecule has 0 aromatic heterocycles.